The highest BCUT2D eigenvalue weighted by molar-refractivity contribution is 5.95. The Hall–Kier alpha value is -3.07. The van der Waals surface area contributed by atoms with E-state index in [0.29, 0.717) is 11.3 Å². The summed E-state index contributed by atoms with van der Waals surface area (Å²) >= 11 is 0. The first-order chi connectivity index (χ1) is 11.3. The van der Waals surface area contributed by atoms with Gasteiger partial charge in [0.1, 0.15) is 0 Å². The summed E-state index contributed by atoms with van der Waals surface area (Å²) < 4.78 is 5.81. The van der Waals surface area contributed by atoms with E-state index in [9.17, 15) is 4.79 Å². The summed E-state index contributed by atoms with van der Waals surface area (Å²) in [6.07, 6.45) is -0.394. The van der Waals surface area contributed by atoms with E-state index in [-0.39, 0.29) is 0 Å². The van der Waals surface area contributed by atoms with Gasteiger partial charge in [-0.2, -0.15) is 0 Å². The van der Waals surface area contributed by atoms with E-state index in [0.717, 1.165) is 22.3 Å². The Morgan fingerprint density at radius 1 is 0.783 bits per heavy atom. The molecule has 0 bridgehead atoms. The molecule has 4 rings (SSSR count). The minimum absolute atomic E-state index is 0.394. The second kappa shape index (κ2) is 5.29. The zero-order valence-electron chi connectivity index (χ0n) is 12.4. The topological polar surface area (TPSA) is 52.3 Å². The highest BCUT2D eigenvalue weighted by atomic mass is 16.5. The Balaban J connectivity index is 1.75. The van der Waals surface area contributed by atoms with Crippen LogP contribution in [-0.4, -0.2) is 5.97 Å². The molecule has 3 heteroatoms. The number of nitrogens with two attached hydrogens (primary N) is 1. The van der Waals surface area contributed by atoms with Gasteiger partial charge in [0.05, 0.1) is 5.56 Å². The number of carbonyl (C=O) groups excluding carboxylic acids is 1. The first kappa shape index (κ1) is 13.6. The van der Waals surface area contributed by atoms with Crippen molar-refractivity contribution in [1.82, 2.24) is 0 Å². The molecule has 0 aliphatic heterocycles. The minimum atomic E-state index is -0.403. The van der Waals surface area contributed by atoms with Crippen LogP contribution in [0.25, 0.3) is 11.1 Å². The number of esters is 1. The number of hydrogen-bond donors (Lipinski definition) is 1. The molecule has 3 aromatic rings. The monoisotopic (exact) mass is 301 g/mol. The molecule has 0 heterocycles. The van der Waals surface area contributed by atoms with Crippen LogP contribution in [-0.2, 0) is 4.74 Å². The van der Waals surface area contributed by atoms with Crippen molar-refractivity contribution < 1.29 is 9.53 Å². The average molecular weight is 301 g/mol. The number of ether oxygens (including phenoxy) is 1. The smallest absolute Gasteiger partial charge is 0.341 e. The van der Waals surface area contributed by atoms with Crippen LogP contribution in [0.15, 0.2) is 72.8 Å². The first-order valence-corrected chi connectivity index (χ1v) is 7.49. The molecule has 0 spiro atoms. The van der Waals surface area contributed by atoms with Gasteiger partial charge in [-0.15, -0.1) is 0 Å². The lowest BCUT2D eigenvalue weighted by atomic mass is 10.1. The van der Waals surface area contributed by atoms with E-state index < -0.39 is 12.1 Å². The van der Waals surface area contributed by atoms with Crippen molar-refractivity contribution in [3.8, 4) is 11.1 Å². The van der Waals surface area contributed by atoms with Gasteiger partial charge in [0.2, 0.25) is 0 Å². The third-order valence-electron chi connectivity index (χ3n) is 4.18. The van der Waals surface area contributed by atoms with Gasteiger partial charge >= 0.3 is 5.97 Å². The van der Waals surface area contributed by atoms with Crippen molar-refractivity contribution in [3.05, 3.63) is 89.5 Å². The molecule has 23 heavy (non-hydrogen) atoms. The fraction of sp³-hybridized carbons (Fsp3) is 0.0500. The summed E-state index contributed by atoms with van der Waals surface area (Å²) in [5.74, 6) is -0.403. The largest absolute Gasteiger partial charge is 0.449 e. The number of carbonyl (C=O) groups is 1. The summed E-state index contributed by atoms with van der Waals surface area (Å²) in [5.41, 5.74) is 11.0. The Labute approximate surface area is 134 Å². The van der Waals surface area contributed by atoms with Gasteiger partial charge in [0, 0.05) is 16.8 Å². The fourth-order valence-electron chi connectivity index (χ4n) is 3.09. The molecule has 0 atom stereocenters. The normalized spacial score (nSPS) is 12.5. The molecule has 112 valence electrons. The Bertz CT molecular complexity index is 856. The van der Waals surface area contributed by atoms with Gasteiger partial charge < -0.3 is 10.5 Å². The number of anilines is 1. The number of para-hydroxylation sites is 1. The number of benzene rings is 3. The number of fused-ring (bicyclic) bond motifs is 3. The molecule has 0 aromatic heterocycles. The third-order valence-corrected chi connectivity index (χ3v) is 4.18. The third kappa shape index (κ3) is 2.18. The lowest BCUT2D eigenvalue weighted by Crippen LogP contribution is -2.12. The van der Waals surface area contributed by atoms with Crippen LogP contribution in [0.5, 0.6) is 0 Å². The van der Waals surface area contributed by atoms with E-state index in [1.54, 1.807) is 24.3 Å². The number of rotatable bonds is 2. The molecular formula is C20H15NO2. The summed E-state index contributed by atoms with van der Waals surface area (Å²) in [4.78, 5) is 12.5. The standard InChI is InChI=1S/C20H15NO2/c21-18-12-6-5-11-17(18)20(22)23-19-15-9-3-1-7-13(15)14-8-2-4-10-16(14)19/h1-12,19H,21H2. The van der Waals surface area contributed by atoms with Gasteiger partial charge in [0.25, 0.3) is 0 Å². The summed E-state index contributed by atoms with van der Waals surface area (Å²) in [5, 5.41) is 0. The fourth-order valence-corrected chi connectivity index (χ4v) is 3.09. The summed E-state index contributed by atoms with van der Waals surface area (Å²) in [7, 11) is 0. The second-order valence-corrected chi connectivity index (χ2v) is 5.55. The van der Waals surface area contributed by atoms with Crippen LogP contribution >= 0.6 is 0 Å². The average Bonchev–Trinajstić information content (AvgIpc) is 2.90. The molecule has 2 N–H and O–H groups in total. The SMILES string of the molecule is Nc1ccccc1C(=O)OC1c2ccccc2-c2ccccc21. The zero-order valence-corrected chi connectivity index (χ0v) is 12.4. The molecule has 3 aromatic carbocycles. The Kier molecular flexibility index (Phi) is 3.12. The predicted octanol–water partition coefficient (Wildman–Crippen LogP) is 4.20. The minimum Gasteiger partial charge on any atom is -0.449 e. The Morgan fingerprint density at radius 2 is 1.30 bits per heavy atom. The predicted molar refractivity (Wildman–Crippen MR) is 90.0 cm³/mol. The summed E-state index contributed by atoms with van der Waals surface area (Å²) in [6.45, 7) is 0. The van der Waals surface area contributed by atoms with Gasteiger partial charge in [-0.1, -0.05) is 60.7 Å². The number of nitrogen functional groups attached to an aromatic ring is 1. The molecule has 0 amide bonds. The van der Waals surface area contributed by atoms with Crippen molar-refractivity contribution in [2.45, 2.75) is 6.10 Å². The van der Waals surface area contributed by atoms with Crippen LogP contribution in [0, 0.1) is 0 Å². The highest BCUT2D eigenvalue weighted by Gasteiger charge is 2.31. The Morgan fingerprint density at radius 3 is 1.91 bits per heavy atom. The molecular weight excluding hydrogens is 286 g/mol. The van der Waals surface area contributed by atoms with E-state index in [1.807, 2.05) is 36.4 Å². The summed E-state index contributed by atoms with van der Waals surface area (Å²) in [6, 6.07) is 23.0. The first-order valence-electron chi connectivity index (χ1n) is 7.49. The number of hydrogen-bond acceptors (Lipinski definition) is 3. The molecule has 3 nitrogen and oxygen atoms in total. The molecule has 0 unspecified atom stereocenters. The van der Waals surface area contributed by atoms with Gasteiger partial charge in [-0.25, -0.2) is 4.79 Å². The zero-order chi connectivity index (χ0) is 15.8. The highest BCUT2D eigenvalue weighted by Crippen LogP contribution is 2.45. The molecule has 1 aliphatic carbocycles. The van der Waals surface area contributed by atoms with E-state index in [1.165, 1.54) is 0 Å². The van der Waals surface area contributed by atoms with Crippen LogP contribution < -0.4 is 5.73 Å². The van der Waals surface area contributed by atoms with Crippen molar-refractivity contribution in [2.75, 3.05) is 5.73 Å². The maximum absolute atomic E-state index is 12.5. The van der Waals surface area contributed by atoms with E-state index in [4.69, 9.17) is 10.5 Å². The lowest BCUT2D eigenvalue weighted by molar-refractivity contribution is 0.0387. The van der Waals surface area contributed by atoms with Crippen molar-refractivity contribution in [2.24, 2.45) is 0 Å². The molecule has 1 aliphatic rings. The van der Waals surface area contributed by atoms with E-state index >= 15 is 0 Å². The van der Waals surface area contributed by atoms with Gasteiger partial charge in [-0.3, -0.25) is 0 Å². The molecule has 0 fully saturated rings. The maximum atomic E-state index is 12.5. The van der Waals surface area contributed by atoms with Gasteiger partial charge in [0.15, 0.2) is 6.10 Å². The van der Waals surface area contributed by atoms with Crippen molar-refractivity contribution >= 4 is 11.7 Å². The van der Waals surface area contributed by atoms with E-state index in [2.05, 4.69) is 12.1 Å². The van der Waals surface area contributed by atoms with Crippen molar-refractivity contribution in [3.63, 3.8) is 0 Å². The molecule has 0 saturated heterocycles. The van der Waals surface area contributed by atoms with Gasteiger partial charge in [-0.05, 0) is 23.3 Å². The van der Waals surface area contributed by atoms with Crippen LogP contribution in [0.2, 0.25) is 0 Å². The van der Waals surface area contributed by atoms with Crippen molar-refractivity contribution in [1.29, 1.82) is 0 Å². The lowest BCUT2D eigenvalue weighted by Gasteiger charge is -2.15. The second-order valence-electron chi connectivity index (χ2n) is 5.55. The quantitative estimate of drug-likeness (QED) is 0.570. The maximum Gasteiger partial charge on any atom is 0.341 e. The van der Waals surface area contributed by atoms with Crippen LogP contribution in [0.3, 0.4) is 0 Å². The molecule has 0 radical (unpaired) electrons. The van der Waals surface area contributed by atoms with Crippen LogP contribution in [0.4, 0.5) is 5.69 Å². The van der Waals surface area contributed by atoms with Crippen LogP contribution in [0.1, 0.15) is 27.6 Å². The molecule has 0 saturated carbocycles.